The SMILES string of the molecule is CCOP(=O)(OCC)N1CCCC1=O. The Bertz CT molecular complexity index is 246. The highest BCUT2D eigenvalue weighted by atomic mass is 31.2. The molecule has 1 saturated heterocycles. The maximum atomic E-state index is 12.1. The molecule has 1 fully saturated rings. The van der Waals surface area contributed by atoms with Gasteiger partial charge in [-0.25, -0.2) is 9.24 Å². The molecule has 0 aromatic heterocycles. The van der Waals surface area contributed by atoms with E-state index in [1.54, 1.807) is 13.8 Å². The van der Waals surface area contributed by atoms with Crippen LogP contribution in [0.1, 0.15) is 26.7 Å². The number of carbonyl (C=O) groups is 1. The zero-order chi connectivity index (χ0) is 10.6. The Balaban J connectivity index is 2.75. The Hall–Kier alpha value is -0.380. The molecular formula is C8H16NO4P. The first kappa shape index (κ1) is 11.7. The van der Waals surface area contributed by atoms with Gasteiger partial charge in [0.2, 0.25) is 5.91 Å². The summed E-state index contributed by atoms with van der Waals surface area (Å²) in [5.74, 6) is -0.143. The van der Waals surface area contributed by atoms with E-state index in [-0.39, 0.29) is 19.1 Å². The lowest BCUT2D eigenvalue weighted by molar-refractivity contribution is -0.124. The van der Waals surface area contributed by atoms with E-state index in [4.69, 9.17) is 9.05 Å². The molecule has 1 amide bonds. The molecule has 1 heterocycles. The van der Waals surface area contributed by atoms with Crippen LogP contribution in [-0.2, 0) is 18.4 Å². The molecule has 1 rings (SSSR count). The van der Waals surface area contributed by atoms with E-state index in [0.29, 0.717) is 13.0 Å². The van der Waals surface area contributed by atoms with Crippen LogP contribution in [0, 0.1) is 0 Å². The lowest BCUT2D eigenvalue weighted by Crippen LogP contribution is -2.24. The van der Waals surface area contributed by atoms with E-state index < -0.39 is 7.75 Å². The fraction of sp³-hybridized carbons (Fsp3) is 0.875. The van der Waals surface area contributed by atoms with Gasteiger partial charge in [-0.1, -0.05) is 0 Å². The standard InChI is InChI=1S/C8H16NO4P/c1-3-12-14(11,13-4-2)9-7-5-6-8(9)10/h3-7H2,1-2H3. The van der Waals surface area contributed by atoms with Crippen molar-refractivity contribution in [2.75, 3.05) is 19.8 Å². The van der Waals surface area contributed by atoms with Crippen molar-refractivity contribution in [3.63, 3.8) is 0 Å². The molecule has 6 heteroatoms. The summed E-state index contributed by atoms with van der Waals surface area (Å²) in [6.07, 6.45) is 1.16. The number of hydrogen-bond acceptors (Lipinski definition) is 4. The number of nitrogens with zero attached hydrogens (tertiary/aromatic N) is 1. The van der Waals surface area contributed by atoms with Crippen LogP contribution < -0.4 is 0 Å². The predicted octanol–water partition coefficient (Wildman–Crippen LogP) is 1.79. The molecule has 0 aromatic carbocycles. The zero-order valence-corrected chi connectivity index (χ0v) is 9.46. The molecule has 0 bridgehead atoms. The first-order valence-corrected chi connectivity index (χ1v) is 6.33. The smallest absolute Gasteiger partial charge is 0.292 e. The predicted molar refractivity (Wildman–Crippen MR) is 51.8 cm³/mol. The third kappa shape index (κ3) is 2.35. The van der Waals surface area contributed by atoms with Crippen LogP contribution in [-0.4, -0.2) is 30.3 Å². The number of amides is 1. The van der Waals surface area contributed by atoms with Gasteiger partial charge in [0.1, 0.15) is 0 Å². The van der Waals surface area contributed by atoms with Crippen LogP contribution in [0.15, 0.2) is 0 Å². The molecule has 0 unspecified atom stereocenters. The highest BCUT2D eigenvalue weighted by molar-refractivity contribution is 7.52. The van der Waals surface area contributed by atoms with Crippen molar-refractivity contribution in [2.24, 2.45) is 0 Å². The highest BCUT2D eigenvalue weighted by Gasteiger charge is 2.39. The first-order valence-electron chi connectivity index (χ1n) is 4.84. The molecule has 0 atom stereocenters. The van der Waals surface area contributed by atoms with Crippen molar-refractivity contribution in [3.8, 4) is 0 Å². The third-order valence-electron chi connectivity index (χ3n) is 1.93. The van der Waals surface area contributed by atoms with Gasteiger partial charge >= 0.3 is 7.75 Å². The van der Waals surface area contributed by atoms with Crippen LogP contribution in [0.4, 0.5) is 0 Å². The Morgan fingerprint density at radius 1 is 1.36 bits per heavy atom. The van der Waals surface area contributed by atoms with E-state index in [0.717, 1.165) is 6.42 Å². The van der Waals surface area contributed by atoms with Gasteiger partial charge in [-0.15, -0.1) is 0 Å². The largest absolute Gasteiger partial charge is 0.437 e. The Morgan fingerprint density at radius 3 is 2.29 bits per heavy atom. The fourth-order valence-electron chi connectivity index (χ4n) is 1.40. The lowest BCUT2D eigenvalue weighted by Gasteiger charge is -2.25. The average molecular weight is 221 g/mol. The van der Waals surface area contributed by atoms with Gasteiger partial charge in [0.25, 0.3) is 0 Å². The van der Waals surface area contributed by atoms with Crippen LogP contribution in [0.2, 0.25) is 0 Å². The summed E-state index contributed by atoms with van der Waals surface area (Å²) < 4.78 is 23.4. The highest BCUT2D eigenvalue weighted by Crippen LogP contribution is 2.53. The van der Waals surface area contributed by atoms with Gasteiger partial charge in [0.15, 0.2) is 0 Å². The van der Waals surface area contributed by atoms with E-state index >= 15 is 0 Å². The molecule has 0 radical (unpaired) electrons. The van der Waals surface area contributed by atoms with Gasteiger partial charge in [-0.3, -0.25) is 13.8 Å². The maximum absolute atomic E-state index is 12.1. The fourth-order valence-corrected chi connectivity index (χ4v) is 3.16. The summed E-state index contributed by atoms with van der Waals surface area (Å²) in [7, 11) is -3.34. The molecule has 0 N–H and O–H groups in total. The minimum atomic E-state index is -3.34. The molecule has 0 saturated carbocycles. The van der Waals surface area contributed by atoms with Crippen molar-refractivity contribution in [3.05, 3.63) is 0 Å². The number of rotatable bonds is 5. The second-order valence-electron chi connectivity index (χ2n) is 2.92. The molecule has 0 aromatic rings. The molecule has 0 aliphatic carbocycles. The van der Waals surface area contributed by atoms with Crippen LogP contribution in [0.3, 0.4) is 0 Å². The van der Waals surface area contributed by atoms with E-state index in [1.165, 1.54) is 4.67 Å². The molecule has 82 valence electrons. The van der Waals surface area contributed by atoms with Crippen LogP contribution in [0.25, 0.3) is 0 Å². The summed E-state index contributed by atoms with van der Waals surface area (Å²) in [5, 5.41) is 0. The quantitative estimate of drug-likeness (QED) is 0.664. The second-order valence-corrected chi connectivity index (χ2v) is 4.86. The monoisotopic (exact) mass is 221 g/mol. The summed E-state index contributed by atoms with van der Waals surface area (Å²) in [5.41, 5.74) is 0. The summed E-state index contributed by atoms with van der Waals surface area (Å²) in [6, 6.07) is 0. The molecule has 1 aliphatic heterocycles. The van der Waals surface area contributed by atoms with Gasteiger partial charge in [-0.2, -0.15) is 0 Å². The van der Waals surface area contributed by atoms with Gasteiger partial charge in [0, 0.05) is 13.0 Å². The molecule has 0 spiro atoms. The van der Waals surface area contributed by atoms with Crippen molar-refractivity contribution in [1.29, 1.82) is 0 Å². The maximum Gasteiger partial charge on any atom is 0.437 e. The van der Waals surface area contributed by atoms with E-state index in [1.807, 2.05) is 0 Å². The molecule has 1 aliphatic rings. The van der Waals surface area contributed by atoms with Crippen LogP contribution in [0.5, 0.6) is 0 Å². The Kier molecular flexibility index (Phi) is 4.11. The minimum absolute atomic E-state index is 0.143. The average Bonchev–Trinajstić information content (AvgIpc) is 2.52. The number of hydrogen-bond donors (Lipinski definition) is 0. The molecule has 5 nitrogen and oxygen atoms in total. The Morgan fingerprint density at radius 2 is 1.93 bits per heavy atom. The summed E-state index contributed by atoms with van der Waals surface area (Å²) >= 11 is 0. The lowest BCUT2D eigenvalue weighted by atomic mass is 10.4. The minimum Gasteiger partial charge on any atom is -0.292 e. The summed E-state index contributed by atoms with van der Waals surface area (Å²) in [4.78, 5) is 11.4. The van der Waals surface area contributed by atoms with Crippen molar-refractivity contribution < 1.29 is 18.4 Å². The first-order chi connectivity index (χ1) is 6.64. The van der Waals surface area contributed by atoms with Crippen molar-refractivity contribution in [2.45, 2.75) is 26.7 Å². The number of carbonyl (C=O) groups excluding carboxylic acids is 1. The van der Waals surface area contributed by atoms with E-state index in [9.17, 15) is 9.36 Å². The van der Waals surface area contributed by atoms with Crippen LogP contribution >= 0.6 is 7.75 Å². The van der Waals surface area contributed by atoms with Gasteiger partial charge < -0.3 is 0 Å². The summed E-state index contributed by atoms with van der Waals surface area (Å²) in [6.45, 7) is 4.48. The Labute approximate surface area is 84.0 Å². The third-order valence-corrected chi connectivity index (χ3v) is 4.11. The molecule has 14 heavy (non-hydrogen) atoms. The normalized spacial score (nSPS) is 17.9. The van der Waals surface area contributed by atoms with Gasteiger partial charge in [0.05, 0.1) is 13.2 Å². The zero-order valence-electron chi connectivity index (χ0n) is 8.56. The van der Waals surface area contributed by atoms with E-state index in [2.05, 4.69) is 0 Å². The second kappa shape index (κ2) is 4.91. The molecular weight excluding hydrogens is 205 g/mol. The van der Waals surface area contributed by atoms with Gasteiger partial charge in [-0.05, 0) is 20.3 Å². The van der Waals surface area contributed by atoms with Crippen molar-refractivity contribution in [1.82, 2.24) is 4.67 Å². The van der Waals surface area contributed by atoms with Crippen molar-refractivity contribution >= 4 is 13.7 Å². The topological polar surface area (TPSA) is 55.8 Å².